The Bertz CT molecular complexity index is 815. The van der Waals surface area contributed by atoms with Crippen molar-refractivity contribution in [3.63, 3.8) is 0 Å². The van der Waals surface area contributed by atoms with E-state index in [-0.39, 0.29) is 5.52 Å². The second-order valence-electron chi connectivity index (χ2n) is 4.38. The van der Waals surface area contributed by atoms with Gasteiger partial charge < -0.3 is 14.5 Å². The van der Waals surface area contributed by atoms with Crippen LogP contribution in [-0.4, -0.2) is 24.2 Å². The molecule has 0 radical (unpaired) electrons. The second kappa shape index (κ2) is 5.05. The maximum Gasteiger partial charge on any atom is 0.186 e. The van der Waals surface area contributed by atoms with E-state index in [1.165, 1.54) is 20.3 Å². The molecule has 0 aliphatic heterocycles. The number of benzene rings is 2. The predicted molar refractivity (Wildman–Crippen MR) is 74.5 cm³/mol. The molecule has 6 heteroatoms. The summed E-state index contributed by atoms with van der Waals surface area (Å²) >= 11 is 0. The molecule has 0 bridgehead atoms. The van der Waals surface area contributed by atoms with Crippen LogP contribution in [0.3, 0.4) is 0 Å². The average Bonchev–Trinajstić information content (AvgIpc) is 2.94. The minimum Gasteiger partial charge on any atom is -0.493 e. The summed E-state index contributed by atoms with van der Waals surface area (Å²) in [6.45, 7) is 0. The largest absolute Gasteiger partial charge is 0.493 e. The molecule has 21 heavy (non-hydrogen) atoms. The Morgan fingerprint density at radius 3 is 2.57 bits per heavy atom. The Morgan fingerprint density at radius 1 is 1.05 bits per heavy atom. The van der Waals surface area contributed by atoms with Crippen molar-refractivity contribution >= 4 is 11.0 Å². The molecule has 0 fully saturated rings. The molecular weight excluding hydrogens is 278 g/mol. The lowest BCUT2D eigenvalue weighted by molar-refractivity contribution is 0.356. The van der Waals surface area contributed by atoms with Gasteiger partial charge in [-0.3, -0.25) is 0 Å². The van der Waals surface area contributed by atoms with E-state index < -0.39 is 11.6 Å². The van der Waals surface area contributed by atoms with Gasteiger partial charge in [-0.2, -0.15) is 0 Å². The summed E-state index contributed by atoms with van der Waals surface area (Å²) in [5.74, 6) is -0.526. The first-order chi connectivity index (χ1) is 10.2. The number of fused-ring (bicyclic) bond motifs is 1. The fraction of sp³-hybridized carbons (Fsp3) is 0.133. The van der Waals surface area contributed by atoms with Gasteiger partial charge in [0, 0.05) is 0 Å². The molecule has 0 spiro atoms. The lowest BCUT2D eigenvalue weighted by atomic mass is 10.1. The van der Waals surface area contributed by atoms with Crippen molar-refractivity contribution in [1.82, 2.24) is 9.97 Å². The molecule has 1 aromatic heterocycles. The van der Waals surface area contributed by atoms with E-state index in [1.54, 1.807) is 18.2 Å². The number of nitrogens with zero attached hydrogens (tertiary/aromatic N) is 1. The van der Waals surface area contributed by atoms with Crippen molar-refractivity contribution in [1.29, 1.82) is 0 Å². The molecule has 4 nitrogen and oxygen atoms in total. The van der Waals surface area contributed by atoms with Crippen molar-refractivity contribution in [3.05, 3.63) is 42.0 Å². The summed E-state index contributed by atoms with van der Waals surface area (Å²) < 4.78 is 37.5. The maximum absolute atomic E-state index is 13.7. The zero-order valence-corrected chi connectivity index (χ0v) is 11.4. The molecule has 1 N–H and O–H groups in total. The number of H-pyrrole nitrogens is 1. The number of para-hydroxylation sites is 1. The van der Waals surface area contributed by atoms with Crippen LogP contribution in [0.4, 0.5) is 8.78 Å². The van der Waals surface area contributed by atoms with Crippen LogP contribution in [0.25, 0.3) is 22.4 Å². The first-order valence-corrected chi connectivity index (χ1v) is 6.20. The van der Waals surface area contributed by atoms with E-state index in [1.807, 2.05) is 0 Å². The Hall–Kier alpha value is -2.63. The normalized spacial score (nSPS) is 10.9. The minimum atomic E-state index is -0.975. The zero-order valence-electron chi connectivity index (χ0n) is 11.4. The third-order valence-electron chi connectivity index (χ3n) is 3.20. The third-order valence-corrected chi connectivity index (χ3v) is 3.20. The van der Waals surface area contributed by atoms with Gasteiger partial charge in [-0.25, -0.2) is 13.8 Å². The number of methoxy groups -OCH3 is 2. The van der Waals surface area contributed by atoms with Crippen LogP contribution in [-0.2, 0) is 0 Å². The van der Waals surface area contributed by atoms with Gasteiger partial charge in [0.25, 0.3) is 0 Å². The Kier molecular flexibility index (Phi) is 3.21. The van der Waals surface area contributed by atoms with Crippen LogP contribution < -0.4 is 9.47 Å². The first kappa shape index (κ1) is 13.4. The van der Waals surface area contributed by atoms with Crippen LogP contribution >= 0.6 is 0 Å². The predicted octanol–water partition coefficient (Wildman–Crippen LogP) is 3.53. The van der Waals surface area contributed by atoms with Crippen molar-refractivity contribution in [3.8, 4) is 22.9 Å². The Balaban J connectivity index is 2.24. The number of hydrogen-bond donors (Lipinski definition) is 1. The van der Waals surface area contributed by atoms with Gasteiger partial charge in [-0.1, -0.05) is 6.07 Å². The quantitative estimate of drug-likeness (QED) is 0.802. The smallest absolute Gasteiger partial charge is 0.186 e. The van der Waals surface area contributed by atoms with Crippen LogP contribution in [0.2, 0.25) is 0 Å². The summed E-state index contributed by atoms with van der Waals surface area (Å²) in [5.41, 5.74) is 0.969. The highest BCUT2D eigenvalue weighted by atomic mass is 19.2. The van der Waals surface area contributed by atoms with Gasteiger partial charge in [0.2, 0.25) is 0 Å². The number of aromatic amines is 1. The van der Waals surface area contributed by atoms with Gasteiger partial charge in [0.05, 0.1) is 25.3 Å². The topological polar surface area (TPSA) is 47.1 Å². The fourth-order valence-electron chi connectivity index (χ4n) is 2.22. The van der Waals surface area contributed by atoms with Gasteiger partial charge >= 0.3 is 0 Å². The number of hydrogen-bond acceptors (Lipinski definition) is 3. The van der Waals surface area contributed by atoms with Crippen LogP contribution in [0.15, 0.2) is 30.3 Å². The highest BCUT2D eigenvalue weighted by Gasteiger charge is 2.17. The molecule has 108 valence electrons. The summed E-state index contributed by atoms with van der Waals surface area (Å²) in [5, 5.41) is 0. The molecule has 0 amide bonds. The van der Waals surface area contributed by atoms with E-state index in [0.717, 1.165) is 6.07 Å². The number of aromatic nitrogens is 2. The summed E-state index contributed by atoms with van der Waals surface area (Å²) in [6.07, 6.45) is 0. The summed E-state index contributed by atoms with van der Waals surface area (Å²) in [7, 11) is 3.03. The molecule has 0 saturated heterocycles. The lowest BCUT2D eigenvalue weighted by Gasteiger charge is -2.10. The molecule has 2 aromatic carbocycles. The van der Waals surface area contributed by atoms with Crippen molar-refractivity contribution in [2.75, 3.05) is 14.2 Å². The zero-order chi connectivity index (χ0) is 15.0. The molecule has 0 aliphatic rings. The van der Waals surface area contributed by atoms with Gasteiger partial charge in [-0.15, -0.1) is 0 Å². The second-order valence-corrected chi connectivity index (χ2v) is 4.38. The Labute approximate surface area is 119 Å². The van der Waals surface area contributed by atoms with Crippen molar-refractivity contribution in [2.24, 2.45) is 0 Å². The van der Waals surface area contributed by atoms with Crippen molar-refractivity contribution in [2.45, 2.75) is 0 Å². The minimum absolute atomic E-state index is 0.0464. The van der Waals surface area contributed by atoms with E-state index in [0.29, 0.717) is 28.4 Å². The van der Waals surface area contributed by atoms with Crippen LogP contribution in [0, 0.1) is 11.6 Å². The standard InChI is InChI=1S/C15H12F2N2O2/c1-20-11-5-3-4-8(14(11)21-2)15-18-10-7-6-9(16)12(17)13(10)19-15/h3-7H,1-2H3,(H,18,19). The number of rotatable bonds is 3. The van der Waals surface area contributed by atoms with E-state index in [9.17, 15) is 8.78 Å². The van der Waals surface area contributed by atoms with E-state index in [4.69, 9.17) is 9.47 Å². The molecule has 0 unspecified atom stereocenters. The SMILES string of the molecule is COc1cccc(-c2nc3c(F)c(F)ccc3[nH]2)c1OC. The number of nitrogens with one attached hydrogen (secondary N) is 1. The molecule has 3 rings (SSSR count). The highest BCUT2D eigenvalue weighted by molar-refractivity contribution is 5.82. The number of imidazole rings is 1. The molecular formula is C15H12F2N2O2. The molecule has 0 saturated carbocycles. The van der Waals surface area contributed by atoms with E-state index >= 15 is 0 Å². The van der Waals surface area contributed by atoms with Crippen LogP contribution in [0.1, 0.15) is 0 Å². The van der Waals surface area contributed by atoms with Gasteiger partial charge in [-0.05, 0) is 24.3 Å². The number of halogens is 2. The maximum atomic E-state index is 13.7. The first-order valence-electron chi connectivity index (χ1n) is 6.20. The highest BCUT2D eigenvalue weighted by Crippen LogP contribution is 2.37. The Morgan fingerprint density at radius 2 is 1.86 bits per heavy atom. The monoisotopic (exact) mass is 290 g/mol. The number of ether oxygens (including phenoxy) is 2. The third kappa shape index (κ3) is 2.08. The summed E-state index contributed by atoms with van der Waals surface area (Å²) in [6, 6.07) is 7.76. The van der Waals surface area contributed by atoms with Gasteiger partial charge in [0.1, 0.15) is 11.3 Å². The summed E-state index contributed by atoms with van der Waals surface area (Å²) in [4.78, 5) is 7.07. The van der Waals surface area contributed by atoms with Crippen molar-refractivity contribution < 1.29 is 18.3 Å². The fourth-order valence-corrected chi connectivity index (χ4v) is 2.22. The molecule has 0 aliphatic carbocycles. The van der Waals surface area contributed by atoms with Gasteiger partial charge in [0.15, 0.2) is 23.1 Å². The molecule has 3 aromatic rings. The lowest BCUT2D eigenvalue weighted by Crippen LogP contribution is -1.93. The molecule has 0 atom stereocenters. The van der Waals surface area contributed by atoms with E-state index in [2.05, 4.69) is 9.97 Å². The van der Waals surface area contributed by atoms with Crippen LogP contribution in [0.5, 0.6) is 11.5 Å². The molecule has 1 heterocycles. The average molecular weight is 290 g/mol.